The number of anilines is 1. The van der Waals surface area contributed by atoms with Crippen LogP contribution in [0.2, 0.25) is 0 Å². The van der Waals surface area contributed by atoms with E-state index in [9.17, 15) is 0 Å². The highest BCUT2D eigenvalue weighted by atomic mass is 16.3. The van der Waals surface area contributed by atoms with E-state index in [0.717, 1.165) is 34.2 Å². The summed E-state index contributed by atoms with van der Waals surface area (Å²) in [5.74, 6) is 0. The highest BCUT2D eigenvalue weighted by Crippen LogP contribution is 2.51. The molecular weight excluding hydrogens is 308 g/mol. The molecule has 3 aromatic rings. The number of aromatic nitrogens is 1. The molecule has 1 aliphatic rings. The molecule has 4 rings (SSSR count). The third kappa shape index (κ3) is 2.28. The first-order chi connectivity index (χ1) is 11.6. The van der Waals surface area contributed by atoms with Crippen LogP contribution in [-0.4, -0.2) is 16.6 Å². The summed E-state index contributed by atoms with van der Waals surface area (Å²) in [7, 11) is 0. The van der Waals surface area contributed by atoms with Gasteiger partial charge >= 0.3 is 0 Å². The fraction of sp³-hybridized carbons (Fsp3) is 0.500. The van der Waals surface area contributed by atoms with E-state index in [4.69, 9.17) is 4.42 Å². The van der Waals surface area contributed by atoms with Gasteiger partial charge in [-0.3, -0.25) is 0 Å². The molecule has 0 saturated carbocycles. The quantitative estimate of drug-likeness (QED) is 0.545. The van der Waals surface area contributed by atoms with E-state index < -0.39 is 0 Å². The van der Waals surface area contributed by atoms with Crippen molar-refractivity contribution in [3.8, 4) is 0 Å². The zero-order valence-corrected chi connectivity index (χ0v) is 16.4. The zero-order valence-electron chi connectivity index (χ0n) is 16.4. The highest BCUT2D eigenvalue weighted by Gasteiger charge is 2.49. The molecule has 132 valence electrons. The van der Waals surface area contributed by atoms with Gasteiger partial charge in [-0.15, -0.1) is 0 Å². The van der Waals surface area contributed by atoms with Crippen molar-refractivity contribution in [1.29, 1.82) is 0 Å². The van der Waals surface area contributed by atoms with Crippen LogP contribution in [0.1, 0.15) is 52.3 Å². The van der Waals surface area contributed by atoms with Gasteiger partial charge in [0.2, 0.25) is 5.71 Å². The van der Waals surface area contributed by atoms with E-state index in [1.807, 2.05) is 6.92 Å². The minimum Gasteiger partial charge on any atom is -0.436 e. The summed E-state index contributed by atoms with van der Waals surface area (Å²) in [5.41, 5.74) is 5.55. The van der Waals surface area contributed by atoms with E-state index in [1.165, 1.54) is 11.3 Å². The number of hydrogen-bond donors (Lipinski definition) is 0. The van der Waals surface area contributed by atoms with Gasteiger partial charge in [0, 0.05) is 28.0 Å². The Morgan fingerprint density at radius 3 is 2.36 bits per heavy atom. The molecule has 0 spiro atoms. The molecule has 25 heavy (non-hydrogen) atoms. The van der Waals surface area contributed by atoms with Crippen LogP contribution < -0.4 is 4.90 Å². The molecular formula is C22H28N2O. The molecule has 1 aromatic carbocycles. The van der Waals surface area contributed by atoms with Gasteiger partial charge in [0.1, 0.15) is 0 Å². The minimum absolute atomic E-state index is 0.0876. The first-order valence-corrected chi connectivity index (χ1v) is 9.21. The lowest BCUT2D eigenvalue weighted by Crippen LogP contribution is -2.43. The Morgan fingerprint density at radius 2 is 1.72 bits per heavy atom. The summed E-state index contributed by atoms with van der Waals surface area (Å²) >= 11 is 0. The van der Waals surface area contributed by atoms with Crippen molar-refractivity contribution in [2.24, 2.45) is 5.41 Å². The van der Waals surface area contributed by atoms with Crippen LogP contribution in [0.25, 0.3) is 22.1 Å². The molecule has 0 aliphatic carbocycles. The predicted molar refractivity (Wildman–Crippen MR) is 105 cm³/mol. The molecule has 1 aliphatic heterocycles. The SMILES string of the molecule is Cc1ccc2c(n1)oc1c(N3C(C)C(C)(C)CC3(C)C)c(C)ccc12. The summed E-state index contributed by atoms with van der Waals surface area (Å²) in [5, 5.41) is 2.27. The van der Waals surface area contributed by atoms with Crippen molar-refractivity contribution in [3.63, 3.8) is 0 Å². The molecule has 1 unspecified atom stereocenters. The standard InChI is InChI=1S/C22H28N2O/c1-13-8-10-16-17-11-9-14(2)23-20(17)25-19(16)18(13)24-15(3)21(4,5)12-22(24,6)7/h8-11,15H,12H2,1-7H3. The number of rotatable bonds is 1. The summed E-state index contributed by atoms with van der Waals surface area (Å²) in [6.45, 7) is 16.0. The minimum atomic E-state index is 0.0876. The third-order valence-electron chi connectivity index (χ3n) is 6.12. The number of nitrogens with zero attached hydrogens (tertiary/aromatic N) is 2. The lowest BCUT2D eigenvalue weighted by molar-refractivity contribution is 0.329. The van der Waals surface area contributed by atoms with Crippen LogP contribution in [0.5, 0.6) is 0 Å². The second-order valence-electron chi connectivity index (χ2n) is 9.04. The lowest BCUT2D eigenvalue weighted by atomic mass is 9.82. The number of furan rings is 1. The highest BCUT2D eigenvalue weighted by molar-refractivity contribution is 6.08. The Morgan fingerprint density at radius 1 is 1.04 bits per heavy atom. The van der Waals surface area contributed by atoms with Crippen LogP contribution >= 0.6 is 0 Å². The predicted octanol–water partition coefficient (Wildman–Crippen LogP) is 6.00. The average Bonchev–Trinajstić information content (AvgIpc) is 2.92. The van der Waals surface area contributed by atoms with Crippen molar-refractivity contribution in [1.82, 2.24) is 4.98 Å². The second-order valence-corrected chi connectivity index (χ2v) is 9.04. The molecule has 1 fully saturated rings. The molecule has 2 aromatic heterocycles. The fourth-order valence-corrected chi connectivity index (χ4v) is 4.91. The van der Waals surface area contributed by atoms with Crippen LogP contribution in [0, 0.1) is 19.3 Å². The van der Waals surface area contributed by atoms with Crippen LogP contribution in [0.3, 0.4) is 0 Å². The molecule has 3 heterocycles. The molecule has 1 saturated heterocycles. The first-order valence-electron chi connectivity index (χ1n) is 9.21. The number of pyridine rings is 1. The first kappa shape index (κ1) is 16.4. The van der Waals surface area contributed by atoms with Gasteiger partial charge in [0.15, 0.2) is 5.58 Å². The number of hydrogen-bond acceptors (Lipinski definition) is 3. The Balaban J connectivity index is 2.04. The number of benzene rings is 1. The Hall–Kier alpha value is -2.03. The Labute approximate surface area is 150 Å². The maximum atomic E-state index is 6.31. The van der Waals surface area contributed by atoms with Gasteiger partial charge in [0.25, 0.3) is 0 Å². The van der Waals surface area contributed by atoms with E-state index in [1.54, 1.807) is 0 Å². The number of fused-ring (bicyclic) bond motifs is 3. The van der Waals surface area contributed by atoms with Crippen LogP contribution in [-0.2, 0) is 0 Å². The van der Waals surface area contributed by atoms with Gasteiger partial charge in [-0.05, 0) is 64.2 Å². The smallest absolute Gasteiger partial charge is 0.227 e. The normalized spacial score (nSPS) is 22.2. The molecule has 3 heteroatoms. The van der Waals surface area contributed by atoms with Gasteiger partial charge in [-0.2, -0.15) is 0 Å². The van der Waals surface area contributed by atoms with Gasteiger partial charge < -0.3 is 9.32 Å². The third-order valence-corrected chi connectivity index (χ3v) is 6.12. The zero-order chi connectivity index (χ0) is 18.1. The summed E-state index contributed by atoms with van der Waals surface area (Å²) in [6, 6.07) is 9.03. The van der Waals surface area contributed by atoms with E-state index in [2.05, 4.69) is 75.7 Å². The van der Waals surface area contributed by atoms with Crippen LogP contribution in [0.15, 0.2) is 28.7 Å². The summed E-state index contributed by atoms with van der Waals surface area (Å²) < 4.78 is 6.31. The van der Waals surface area contributed by atoms with Crippen molar-refractivity contribution in [3.05, 3.63) is 35.5 Å². The monoisotopic (exact) mass is 336 g/mol. The molecule has 0 N–H and O–H groups in total. The van der Waals surface area contributed by atoms with Crippen molar-refractivity contribution in [2.75, 3.05) is 4.90 Å². The largest absolute Gasteiger partial charge is 0.436 e. The lowest BCUT2D eigenvalue weighted by Gasteiger charge is -2.38. The van der Waals surface area contributed by atoms with E-state index in [-0.39, 0.29) is 11.0 Å². The maximum absolute atomic E-state index is 6.31. The van der Waals surface area contributed by atoms with E-state index in [0.29, 0.717) is 6.04 Å². The molecule has 0 radical (unpaired) electrons. The van der Waals surface area contributed by atoms with Crippen LogP contribution in [0.4, 0.5) is 5.69 Å². The molecule has 1 atom stereocenters. The summed E-state index contributed by atoms with van der Waals surface area (Å²) in [6.07, 6.45) is 1.16. The molecule has 3 nitrogen and oxygen atoms in total. The van der Waals surface area contributed by atoms with E-state index >= 15 is 0 Å². The van der Waals surface area contributed by atoms with Gasteiger partial charge in [-0.1, -0.05) is 26.0 Å². The average molecular weight is 336 g/mol. The molecule has 0 bridgehead atoms. The van der Waals surface area contributed by atoms with Crippen molar-refractivity contribution >= 4 is 27.8 Å². The van der Waals surface area contributed by atoms with Crippen molar-refractivity contribution < 1.29 is 4.42 Å². The Bertz CT molecular complexity index is 981. The van der Waals surface area contributed by atoms with Gasteiger partial charge in [0.05, 0.1) is 5.69 Å². The number of aryl methyl sites for hydroxylation is 2. The van der Waals surface area contributed by atoms with Crippen molar-refractivity contribution in [2.45, 2.75) is 66.5 Å². The topological polar surface area (TPSA) is 29.3 Å². The fourth-order valence-electron chi connectivity index (χ4n) is 4.91. The molecule has 0 amide bonds. The Kier molecular flexibility index (Phi) is 3.29. The second kappa shape index (κ2) is 5.00. The summed E-state index contributed by atoms with van der Waals surface area (Å²) in [4.78, 5) is 7.19. The van der Waals surface area contributed by atoms with Gasteiger partial charge in [-0.25, -0.2) is 4.98 Å². The maximum Gasteiger partial charge on any atom is 0.227 e.